The molecule has 0 saturated carbocycles. The number of benzene rings is 2. The normalized spacial score (nSPS) is 19.9. The second-order valence-electron chi connectivity index (χ2n) is 11.8. The van der Waals surface area contributed by atoms with Crippen LogP contribution in [-0.2, 0) is 27.8 Å². The van der Waals surface area contributed by atoms with Gasteiger partial charge in [-0.2, -0.15) is 8.42 Å². The Morgan fingerprint density at radius 1 is 0.978 bits per heavy atom. The average Bonchev–Trinajstić information content (AvgIpc) is 3.17. The van der Waals surface area contributed by atoms with Crippen molar-refractivity contribution in [1.82, 2.24) is 19.7 Å². The van der Waals surface area contributed by atoms with E-state index in [-0.39, 0.29) is 23.9 Å². The Morgan fingerprint density at radius 2 is 1.69 bits per heavy atom. The molecule has 6 rings (SSSR count). The molecule has 2 aliphatic heterocycles. The molecule has 0 bridgehead atoms. The molecule has 3 aromatic rings. The highest BCUT2D eigenvalue weighted by Crippen LogP contribution is 2.38. The molecule has 2 saturated heterocycles. The fourth-order valence-electron chi connectivity index (χ4n) is 6.56. The third-order valence-electron chi connectivity index (χ3n) is 8.83. The van der Waals surface area contributed by atoms with Gasteiger partial charge in [-0.25, -0.2) is 5.14 Å². The van der Waals surface area contributed by atoms with Gasteiger partial charge in [0, 0.05) is 61.4 Å². The monoisotopic (exact) mass is 714 g/mol. The van der Waals surface area contributed by atoms with E-state index in [1.165, 1.54) is 16.7 Å². The maximum atomic E-state index is 13.4. The smallest absolute Gasteiger partial charge is 0.321 e. The van der Waals surface area contributed by atoms with Crippen molar-refractivity contribution < 1.29 is 17.9 Å². The van der Waals surface area contributed by atoms with Crippen LogP contribution in [0.3, 0.4) is 0 Å². The largest absolute Gasteiger partial charge is 0.425 e. The third kappa shape index (κ3) is 7.86. The first kappa shape index (κ1) is 31.9. The summed E-state index contributed by atoms with van der Waals surface area (Å²) < 4.78 is 34.0. The van der Waals surface area contributed by atoms with Crippen molar-refractivity contribution in [1.29, 1.82) is 0 Å². The molecule has 3 heterocycles. The zero-order chi connectivity index (χ0) is 31.6. The molecule has 238 valence electrons. The number of likely N-dealkylation sites (tertiary alicyclic amines) is 1. The molecular formula is C32H36BrClN6O4S. The van der Waals surface area contributed by atoms with Gasteiger partial charge in [-0.05, 0) is 94.6 Å². The molecule has 0 spiro atoms. The summed E-state index contributed by atoms with van der Waals surface area (Å²) >= 11 is 9.98. The van der Waals surface area contributed by atoms with Crippen LogP contribution in [0.5, 0.6) is 5.75 Å². The van der Waals surface area contributed by atoms with Crippen LogP contribution in [-0.4, -0.2) is 79.3 Å². The summed E-state index contributed by atoms with van der Waals surface area (Å²) in [4.78, 5) is 24.5. The predicted octanol–water partition coefficient (Wildman–Crippen LogP) is 4.57. The van der Waals surface area contributed by atoms with Gasteiger partial charge in [0.05, 0.1) is 11.7 Å². The standard InChI is InChI=1S/C32H36BrClN6O4S/c33-25-19-24-7-6-23-20-26(34)8-9-28(23)31(30(24)36-21-25)39-16-14-38(15-17-39)29(41)18-22-10-12-40(13-11-22)32(37-45(35,42)43)44-27-4-2-1-3-5-27/h1-5,8-9,19-22,31H,6-7,10-18H2,(H2,35,42,43). The lowest BCUT2D eigenvalue weighted by atomic mass is 9.93. The first-order chi connectivity index (χ1) is 21.6. The number of aromatic nitrogens is 1. The van der Waals surface area contributed by atoms with Crippen molar-refractivity contribution in [3.63, 3.8) is 0 Å². The number of ether oxygens (including phenoxy) is 1. The Balaban J connectivity index is 1.07. The fourth-order valence-corrected chi connectivity index (χ4v) is 7.50. The summed E-state index contributed by atoms with van der Waals surface area (Å²) in [5.41, 5.74) is 4.80. The number of nitrogens with zero attached hydrogens (tertiary/aromatic N) is 5. The molecule has 1 amide bonds. The molecule has 45 heavy (non-hydrogen) atoms. The van der Waals surface area contributed by atoms with E-state index in [0.29, 0.717) is 51.2 Å². The van der Waals surface area contributed by atoms with Crippen LogP contribution < -0.4 is 9.88 Å². The van der Waals surface area contributed by atoms with Crippen LogP contribution in [0.25, 0.3) is 0 Å². The van der Waals surface area contributed by atoms with E-state index >= 15 is 0 Å². The van der Waals surface area contributed by atoms with Gasteiger partial charge in [-0.1, -0.05) is 40.3 Å². The van der Waals surface area contributed by atoms with Gasteiger partial charge in [-0.3, -0.25) is 14.7 Å². The molecular weight excluding hydrogens is 680 g/mol. The first-order valence-corrected chi connectivity index (χ1v) is 17.9. The predicted molar refractivity (Wildman–Crippen MR) is 177 cm³/mol. The van der Waals surface area contributed by atoms with Crippen LogP contribution in [0.1, 0.15) is 47.7 Å². The Labute approximate surface area is 277 Å². The van der Waals surface area contributed by atoms with E-state index in [4.69, 9.17) is 26.5 Å². The average molecular weight is 716 g/mol. The number of carbonyl (C=O) groups is 1. The summed E-state index contributed by atoms with van der Waals surface area (Å²) in [6.45, 7) is 3.83. The van der Waals surface area contributed by atoms with Gasteiger partial charge in [0.1, 0.15) is 5.75 Å². The number of amides is 1. The number of aryl methyl sites for hydroxylation is 2. The number of carbonyl (C=O) groups excluding carboxylic acids is 1. The summed E-state index contributed by atoms with van der Waals surface area (Å²) in [6, 6.07) is 17.2. The maximum absolute atomic E-state index is 13.4. The highest BCUT2D eigenvalue weighted by molar-refractivity contribution is 9.10. The minimum Gasteiger partial charge on any atom is -0.425 e. The number of para-hydroxylation sites is 1. The Hall–Kier alpha value is -3.03. The number of pyridine rings is 1. The topological polar surface area (TPSA) is 121 Å². The summed E-state index contributed by atoms with van der Waals surface area (Å²) in [6.07, 6.45) is 5.56. The summed E-state index contributed by atoms with van der Waals surface area (Å²) in [7, 11) is -4.15. The fraction of sp³-hybridized carbons (Fsp3) is 0.406. The molecule has 13 heteroatoms. The molecule has 1 atom stereocenters. The van der Waals surface area contributed by atoms with Gasteiger partial charge in [-0.15, -0.1) is 0 Å². The van der Waals surface area contributed by atoms with Gasteiger partial charge >= 0.3 is 16.2 Å². The zero-order valence-corrected chi connectivity index (χ0v) is 28.0. The molecule has 1 unspecified atom stereocenters. The molecule has 2 fully saturated rings. The number of amidine groups is 1. The molecule has 2 aromatic carbocycles. The summed E-state index contributed by atoms with van der Waals surface area (Å²) in [5, 5.41) is 5.95. The van der Waals surface area contributed by atoms with E-state index in [1.54, 1.807) is 29.2 Å². The quantitative estimate of drug-likeness (QED) is 0.304. The molecule has 1 aromatic heterocycles. The second kappa shape index (κ2) is 13.8. The number of piperazine rings is 1. The third-order valence-corrected chi connectivity index (χ3v) is 9.91. The van der Waals surface area contributed by atoms with Crippen LogP contribution in [0, 0.1) is 5.92 Å². The Bertz CT molecular complexity index is 1620. The number of hydrogen-bond acceptors (Lipinski definition) is 6. The lowest BCUT2D eigenvalue weighted by molar-refractivity contribution is -0.134. The maximum Gasteiger partial charge on any atom is 0.321 e. The van der Waals surface area contributed by atoms with Crippen LogP contribution in [0.2, 0.25) is 5.02 Å². The van der Waals surface area contributed by atoms with Crippen molar-refractivity contribution in [2.45, 2.75) is 38.1 Å². The van der Waals surface area contributed by atoms with E-state index < -0.39 is 10.2 Å². The second-order valence-corrected chi connectivity index (χ2v) is 14.4. The van der Waals surface area contributed by atoms with E-state index in [1.807, 2.05) is 23.2 Å². The summed E-state index contributed by atoms with van der Waals surface area (Å²) in [5.74, 6) is 0.814. The lowest BCUT2D eigenvalue weighted by Gasteiger charge is -2.40. The zero-order valence-electron chi connectivity index (χ0n) is 24.8. The molecule has 1 aliphatic carbocycles. The SMILES string of the molecule is NS(=O)(=O)N=C(Oc1ccccc1)N1CCC(CC(=O)N2CCN(C3c4ccc(Cl)cc4CCc4cc(Br)cnc43)CC2)CC1. The molecule has 3 aliphatic rings. The highest BCUT2D eigenvalue weighted by Gasteiger charge is 2.34. The van der Waals surface area contributed by atoms with Crippen molar-refractivity contribution >= 4 is 49.7 Å². The first-order valence-electron chi connectivity index (χ1n) is 15.2. The molecule has 0 radical (unpaired) electrons. The van der Waals surface area contributed by atoms with Gasteiger partial charge in [0.25, 0.3) is 0 Å². The van der Waals surface area contributed by atoms with Crippen molar-refractivity contribution in [3.8, 4) is 5.75 Å². The number of nitrogens with two attached hydrogens (primary N) is 1. The van der Waals surface area contributed by atoms with Gasteiger partial charge < -0.3 is 14.5 Å². The van der Waals surface area contributed by atoms with E-state index in [9.17, 15) is 13.2 Å². The lowest BCUT2D eigenvalue weighted by Crippen LogP contribution is -2.50. The molecule has 10 nitrogen and oxygen atoms in total. The minimum absolute atomic E-state index is 0.00995. The highest BCUT2D eigenvalue weighted by atomic mass is 79.9. The number of halogens is 2. The van der Waals surface area contributed by atoms with Gasteiger partial charge in [0.2, 0.25) is 5.91 Å². The van der Waals surface area contributed by atoms with Crippen molar-refractivity contribution in [2.24, 2.45) is 15.5 Å². The number of piperidine rings is 1. The number of rotatable bonds is 5. The van der Waals surface area contributed by atoms with Crippen molar-refractivity contribution in [2.75, 3.05) is 39.3 Å². The Morgan fingerprint density at radius 3 is 2.40 bits per heavy atom. The number of fused-ring (bicyclic) bond motifs is 2. The van der Waals surface area contributed by atoms with Crippen LogP contribution >= 0.6 is 27.5 Å². The Kier molecular flexibility index (Phi) is 9.76. The van der Waals surface area contributed by atoms with E-state index in [2.05, 4.69) is 43.4 Å². The van der Waals surface area contributed by atoms with Crippen molar-refractivity contribution in [3.05, 3.63) is 92.7 Å². The van der Waals surface area contributed by atoms with Crippen LogP contribution in [0.4, 0.5) is 0 Å². The molecule has 2 N–H and O–H groups in total. The van der Waals surface area contributed by atoms with Crippen LogP contribution in [0.15, 0.2) is 69.7 Å². The minimum atomic E-state index is -4.15. The number of hydrogen-bond donors (Lipinski definition) is 1. The van der Waals surface area contributed by atoms with E-state index in [0.717, 1.165) is 41.1 Å². The van der Waals surface area contributed by atoms with Gasteiger partial charge in [0.15, 0.2) is 0 Å².